The molecule has 10 heteroatoms. The molecule has 1 fully saturated rings. The number of aromatic nitrogens is 5. The van der Waals surface area contributed by atoms with Gasteiger partial charge in [-0.05, 0) is 30.4 Å². The van der Waals surface area contributed by atoms with Crippen molar-refractivity contribution in [2.45, 2.75) is 45.5 Å². The van der Waals surface area contributed by atoms with Crippen molar-refractivity contribution in [2.24, 2.45) is 5.92 Å². The molecule has 0 aliphatic carbocycles. The Morgan fingerprint density at radius 2 is 1.97 bits per heavy atom. The Kier molecular flexibility index (Phi) is 6.03. The molecule has 0 saturated carbocycles. The predicted octanol–water partition coefficient (Wildman–Crippen LogP) is 3.85. The molecule has 0 N–H and O–H groups in total. The number of rotatable bonds is 5. The standard InChI is InChI=1S/C22H26F2N6O2/c1-12(2)16-7-14(8-19(27-16)32-4)21(31)29-6-5-13(3)15(10-29)18-9-17(20(23)24)28-22-25-11-26-30(18)22/h7-9,11-13,15,20H,5-6,10H2,1-4H3/t13-,15-/m1/s1. The molecule has 2 atom stereocenters. The van der Waals surface area contributed by atoms with Crippen LogP contribution in [-0.2, 0) is 0 Å². The Labute approximate surface area is 184 Å². The Bertz CT molecular complexity index is 1130. The molecule has 8 nitrogen and oxygen atoms in total. The van der Waals surface area contributed by atoms with Crippen LogP contribution in [0.15, 0.2) is 24.5 Å². The summed E-state index contributed by atoms with van der Waals surface area (Å²) < 4.78 is 33.7. The number of halogens is 2. The minimum Gasteiger partial charge on any atom is -0.481 e. The first-order valence-corrected chi connectivity index (χ1v) is 10.6. The van der Waals surface area contributed by atoms with Gasteiger partial charge >= 0.3 is 0 Å². The largest absolute Gasteiger partial charge is 0.481 e. The summed E-state index contributed by atoms with van der Waals surface area (Å²) in [7, 11) is 1.52. The number of amides is 1. The molecule has 1 aliphatic rings. The number of methoxy groups -OCH3 is 1. The molecule has 170 valence electrons. The quantitative estimate of drug-likeness (QED) is 0.594. The molecule has 1 saturated heterocycles. The highest BCUT2D eigenvalue weighted by molar-refractivity contribution is 5.94. The lowest BCUT2D eigenvalue weighted by Gasteiger charge is -2.37. The molecule has 1 aliphatic heterocycles. The number of nitrogens with zero attached hydrogens (tertiary/aromatic N) is 6. The Balaban J connectivity index is 1.68. The van der Waals surface area contributed by atoms with Gasteiger partial charge in [0.1, 0.15) is 12.0 Å². The van der Waals surface area contributed by atoms with Crippen molar-refractivity contribution < 1.29 is 18.3 Å². The number of carbonyl (C=O) groups is 1. The van der Waals surface area contributed by atoms with Crippen LogP contribution in [0.5, 0.6) is 5.88 Å². The van der Waals surface area contributed by atoms with E-state index >= 15 is 0 Å². The fraction of sp³-hybridized carbons (Fsp3) is 0.500. The van der Waals surface area contributed by atoms with Crippen LogP contribution in [0.3, 0.4) is 0 Å². The molecule has 0 aromatic carbocycles. The van der Waals surface area contributed by atoms with Gasteiger partial charge < -0.3 is 9.64 Å². The van der Waals surface area contributed by atoms with E-state index in [2.05, 4.69) is 27.0 Å². The van der Waals surface area contributed by atoms with E-state index in [-0.39, 0.29) is 35.1 Å². The van der Waals surface area contributed by atoms with Crippen molar-refractivity contribution in [1.29, 1.82) is 0 Å². The maximum absolute atomic E-state index is 13.4. The van der Waals surface area contributed by atoms with Gasteiger partial charge in [-0.1, -0.05) is 20.8 Å². The van der Waals surface area contributed by atoms with Crippen molar-refractivity contribution in [1.82, 2.24) is 29.5 Å². The Morgan fingerprint density at radius 1 is 1.19 bits per heavy atom. The molecule has 3 aromatic rings. The average molecular weight is 444 g/mol. The van der Waals surface area contributed by atoms with Crippen molar-refractivity contribution in [3.63, 3.8) is 0 Å². The zero-order valence-corrected chi connectivity index (χ0v) is 18.5. The van der Waals surface area contributed by atoms with Gasteiger partial charge in [-0.3, -0.25) is 4.79 Å². The molecular formula is C22H26F2N6O2. The molecule has 0 bridgehead atoms. The molecular weight excluding hydrogens is 418 g/mol. The summed E-state index contributed by atoms with van der Waals surface area (Å²) in [5.74, 6) is 0.497. The number of likely N-dealkylation sites (tertiary alicyclic amines) is 1. The van der Waals surface area contributed by atoms with Gasteiger partial charge in [0, 0.05) is 36.3 Å². The van der Waals surface area contributed by atoms with Gasteiger partial charge in [0.15, 0.2) is 0 Å². The first kappa shape index (κ1) is 22.0. The zero-order chi connectivity index (χ0) is 23.0. The summed E-state index contributed by atoms with van der Waals surface area (Å²) >= 11 is 0. The summed E-state index contributed by atoms with van der Waals surface area (Å²) in [4.78, 5) is 27.5. The molecule has 4 heterocycles. The minimum absolute atomic E-state index is 0.133. The van der Waals surface area contributed by atoms with Crippen LogP contribution < -0.4 is 4.74 Å². The second-order valence-electron chi connectivity index (χ2n) is 8.48. The maximum Gasteiger partial charge on any atom is 0.280 e. The fourth-order valence-corrected chi connectivity index (χ4v) is 4.10. The number of hydrogen-bond acceptors (Lipinski definition) is 6. The third-order valence-electron chi connectivity index (χ3n) is 6.02. The molecule has 0 unspecified atom stereocenters. The number of pyridine rings is 1. The normalized spacial score (nSPS) is 19.2. The lowest BCUT2D eigenvalue weighted by molar-refractivity contribution is 0.0664. The first-order valence-electron chi connectivity index (χ1n) is 10.6. The highest BCUT2D eigenvalue weighted by Crippen LogP contribution is 2.34. The molecule has 32 heavy (non-hydrogen) atoms. The smallest absolute Gasteiger partial charge is 0.280 e. The average Bonchev–Trinajstić information content (AvgIpc) is 3.26. The van der Waals surface area contributed by atoms with Crippen LogP contribution in [0.4, 0.5) is 8.78 Å². The monoisotopic (exact) mass is 444 g/mol. The van der Waals surface area contributed by atoms with E-state index in [9.17, 15) is 13.6 Å². The highest BCUT2D eigenvalue weighted by atomic mass is 19.3. The van der Waals surface area contributed by atoms with Gasteiger partial charge in [0.25, 0.3) is 18.1 Å². The third kappa shape index (κ3) is 4.13. The van der Waals surface area contributed by atoms with Crippen LogP contribution in [0, 0.1) is 5.92 Å². The summed E-state index contributed by atoms with van der Waals surface area (Å²) in [5, 5.41) is 4.18. The molecule has 3 aromatic heterocycles. The van der Waals surface area contributed by atoms with Gasteiger partial charge in [-0.15, -0.1) is 0 Å². The SMILES string of the molecule is COc1cc(C(=O)N2CC[C@@H](C)[C@H](c3cc(C(F)F)nc4ncnn34)C2)cc(C(C)C)n1. The van der Waals surface area contributed by atoms with E-state index in [0.717, 1.165) is 12.1 Å². The predicted molar refractivity (Wildman–Crippen MR) is 113 cm³/mol. The van der Waals surface area contributed by atoms with Gasteiger partial charge in [-0.2, -0.15) is 10.1 Å². The summed E-state index contributed by atoms with van der Waals surface area (Å²) in [5.41, 5.74) is 1.52. The number of alkyl halides is 2. The lowest BCUT2D eigenvalue weighted by atomic mass is 9.84. The fourth-order valence-electron chi connectivity index (χ4n) is 4.10. The van der Waals surface area contributed by atoms with E-state index < -0.39 is 6.43 Å². The van der Waals surface area contributed by atoms with Crippen LogP contribution in [0.25, 0.3) is 5.78 Å². The van der Waals surface area contributed by atoms with E-state index in [1.807, 2.05) is 13.8 Å². The van der Waals surface area contributed by atoms with E-state index in [4.69, 9.17) is 4.74 Å². The van der Waals surface area contributed by atoms with Gasteiger partial charge in [0.2, 0.25) is 5.88 Å². The lowest BCUT2D eigenvalue weighted by Crippen LogP contribution is -2.42. The highest BCUT2D eigenvalue weighted by Gasteiger charge is 2.33. The van der Waals surface area contributed by atoms with E-state index in [0.29, 0.717) is 30.2 Å². The first-order chi connectivity index (χ1) is 15.3. The molecule has 0 spiro atoms. The van der Waals surface area contributed by atoms with Crippen molar-refractivity contribution in [3.05, 3.63) is 47.2 Å². The number of piperidine rings is 1. The molecule has 1 amide bonds. The molecule has 0 radical (unpaired) electrons. The maximum atomic E-state index is 13.4. The van der Waals surface area contributed by atoms with Crippen LogP contribution >= 0.6 is 0 Å². The van der Waals surface area contributed by atoms with Crippen molar-refractivity contribution in [2.75, 3.05) is 20.2 Å². The van der Waals surface area contributed by atoms with Crippen LogP contribution in [0.1, 0.15) is 72.9 Å². The van der Waals surface area contributed by atoms with Crippen LogP contribution in [-0.4, -0.2) is 55.6 Å². The van der Waals surface area contributed by atoms with Crippen molar-refractivity contribution >= 4 is 11.7 Å². The van der Waals surface area contributed by atoms with Gasteiger partial charge in [0.05, 0.1) is 12.8 Å². The second-order valence-corrected chi connectivity index (χ2v) is 8.48. The van der Waals surface area contributed by atoms with Crippen LogP contribution in [0.2, 0.25) is 0 Å². The van der Waals surface area contributed by atoms with Gasteiger partial charge in [-0.25, -0.2) is 23.3 Å². The summed E-state index contributed by atoms with van der Waals surface area (Å²) in [6.07, 6.45) is -0.683. The number of fused-ring (bicyclic) bond motifs is 1. The summed E-state index contributed by atoms with van der Waals surface area (Å²) in [6.45, 7) is 7.02. The topological polar surface area (TPSA) is 85.5 Å². The minimum atomic E-state index is -2.72. The Morgan fingerprint density at radius 3 is 2.66 bits per heavy atom. The van der Waals surface area contributed by atoms with E-state index in [1.54, 1.807) is 17.0 Å². The molecule has 4 rings (SSSR count). The number of hydrogen-bond donors (Lipinski definition) is 0. The zero-order valence-electron chi connectivity index (χ0n) is 18.5. The number of carbonyl (C=O) groups excluding carboxylic acids is 1. The second kappa shape index (κ2) is 8.76. The van der Waals surface area contributed by atoms with E-state index in [1.165, 1.54) is 24.0 Å². The third-order valence-corrected chi connectivity index (χ3v) is 6.02. The van der Waals surface area contributed by atoms with Crippen molar-refractivity contribution in [3.8, 4) is 5.88 Å². The Hall–Kier alpha value is -3.17. The number of ether oxygens (including phenoxy) is 1. The summed E-state index contributed by atoms with van der Waals surface area (Å²) in [6, 6.07) is 4.81.